The van der Waals surface area contributed by atoms with Crippen molar-refractivity contribution in [3.8, 4) is 5.75 Å². The van der Waals surface area contributed by atoms with Crippen LogP contribution in [-0.2, 0) is 11.2 Å². The van der Waals surface area contributed by atoms with Crippen LogP contribution in [0.2, 0.25) is 0 Å². The molecular weight excluding hydrogens is 372 g/mol. The van der Waals surface area contributed by atoms with Crippen molar-refractivity contribution in [3.63, 3.8) is 0 Å². The Bertz CT molecular complexity index is 861. The molecule has 5 nitrogen and oxygen atoms in total. The van der Waals surface area contributed by atoms with Crippen molar-refractivity contribution >= 4 is 29.3 Å². The van der Waals surface area contributed by atoms with E-state index < -0.39 is 6.10 Å². The summed E-state index contributed by atoms with van der Waals surface area (Å²) in [5, 5.41) is 2.90. The van der Waals surface area contributed by atoms with Crippen molar-refractivity contribution in [2.24, 2.45) is 0 Å². The second kappa shape index (κ2) is 8.27. The average Bonchev–Trinajstić information content (AvgIpc) is 3.03. The fraction of sp³-hybridized carbons (Fsp3) is 0.364. The van der Waals surface area contributed by atoms with Crippen molar-refractivity contribution in [3.05, 3.63) is 59.7 Å². The molecule has 6 heteroatoms. The molecule has 1 fully saturated rings. The van der Waals surface area contributed by atoms with Crippen LogP contribution in [0.15, 0.2) is 48.5 Å². The van der Waals surface area contributed by atoms with E-state index in [2.05, 4.69) is 12.2 Å². The summed E-state index contributed by atoms with van der Waals surface area (Å²) >= 11 is 1.89. The molecule has 2 aromatic carbocycles. The highest BCUT2D eigenvalue weighted by molar-refractivity contribution is 7.99. The van der Waals surface area contributed by atoms with Crippen LogP contribution in [0.5, 0.6) is 5.75 Å². The third kappa shape index (κ3) is 4.02. The van der Waals surface area contributed by atoms with E-state index in [0.29, 0.717) is 17.7 Å². The first kappa shape index (κ1) is 18.9. The SMILES string of the molecule is C[C@H]1CCSCCN1C(=O)c1cccc(NC(=O)[C@H]2Cc3ccccc3O2)c1. The van der Waals surface area contributed by atoms with Crippen molar-refractivity contribution < 1.29 is 14.3 Å². The Morgan fingerprint density at radius 1 is 1.14 bits per heavy atom. The van der Waals surface area contributed by atoms with Crippen molar-refractivity contribution in [1.82, 2.24) is 4.90 Å². The van der Waals surface area contributed by atoms with Gasteiger partial charge >= 0.3 is 0 Å². The first-order valence-corrected chi connectivity index (χ1v) is 10.8. The molecule has 2 aliphatic heterocycles. The maximum Gasteiger partial charge on any atom is 0.265 e. The molecule has 0 spiro atoms. The number of fused-ring (bicyclic) bond motifs is 1. The molecule has 2 amide bonds. The van der Waals surface area contributed by atoms with Crippen LogP contribution in [0.1, 0.15) is 29.3 Å². The molecule has 2 heterocycles. The molecule has 146 valence electrons. The predicted octanol–water partition coefficient (Wildman–Crippen LogP) is 3.60. The highest BCUT2D eigenvalue weighted by atomic mass is 32.2. The second-order valence-electron chi connectivity index (χ2n) is 7.24. The van der Waals surface area contributed by atoms with Gasteiger partial charge in [-0.2, -0.15) is 11.8 Å². The van der Waals surface area contributed by atoms with Gasteiger partial charge in [0, 0.05) is 36.0 Å². The van der Waals surface area contributed by atoms with Crippen LogP contribution in [0.3, 0.4) is 0 Å². The molecule has 0 aliphatic carbocycles. The number of para-hydroxylation sites is 1. The van der Waals surface area contributed by atoms with Gasteiger partial charge in [-0.15, -0.1) is 0 Å². The van der Waals surface area contributed by atoms with Crippen LogP contribution in [0, 0.1) is 0 Å². The zero-order valence-corrected chi connectivity index (χ0v) is 16.7. The molecule has 1 N–H and O–H groups in total. The lowest BCUT2D eigenvalue weighted by Gasteiger charge is -2.27. The first-order chi connectivity index (χ1) is 13.6. The van der Waals surface area contributed by atoms with Crippen molar-refractivity contribution in [2.75, 3.05) is 23.4 Å². The minimum absolute atomic E-state index is 0.0237. The molecule has 28 heavy (non-hydrogen) atoms. The van der Waals surface area contributed by atoms with E-state index in [4.69, 9.17) is 4.74 Å². The van der Waals surface area contributed by atoms with E-state index >= 15 is 0 Å². The van der Waals surface area contributed by atoms with Gasteiger partial charge in [-0.25, -0.2) is 0 Å². The van der Waals surface area contributed by atoms with Gasteiger partial charge < -0.3 is 15.0 Å². The summed E-state index contributed by atoms with van der Waals surface area (Å²) in [6, 6.07) is 15.1. The van der Waals surface area contributed by atoms with Gasteiger partial charge in [-0.05, 0) is 48.9 Å². The van der Waals surface area contributed by atoms with Gasteiger partial charge in [0.25, 0.3) is 11.8 Å². The van der Waals surface area contributed by atoms with Crippen molar-refractivity contribution in [1.29, 1.82) is 0 Å². The molecule has 4 rings (SSSR count). The molecule has 2 aliphatic rings. The molecule has 0 aromatic heterocycles. The number of carbonyl (C=O) groups is 2. The van der Waals surface area contributed by atoms with Crippen LogP contribution < -0.4 is 10.1 Å². The van der Waals surface area contributed by atoms with Gasteiger partial charge in [-0.3, -0.25) is 9.59 Å². The standard InChI is InChI=1S/C22H24N2O3S/c1-15-9-11-28-12-10-24(15)22(26)17-6-4-7-18(13-17)23-21(25)20-14-16-5-2-3-8-19(16)27-20/h2-8,13,15,20H,9-12,14H2,1H3,(H,23,25)/t15-,20+/m0/s1. The Hall–Kier alpha value is -2.47. The van der Waals surface area contributed by atoms with E-state index in [1.165, 1.54) is 0 Å². The monoisotopic (exact) mass is 396 g/mol. The number of carbonyl (C=O) groups excluding carboxylic acids is 2. The Morgan fingerprint density at radius 2 is 2.00 bits per heavy atom. The third-order valence-electron chi connectivity index (χ3n) is 5.27. The lowest BCUT2D eigenvalue weighted by molar-refractivity contribution is -0.122. The second-order valence-corrected chi connectivity index (χ2v) is 8.46. The van der Waals surface area contributed by atoms with Gasteiger partial charge in [0.2, 0.25) is 0 Å². The Labute approximate surface area is 169 Å². The summed E-state index contributed by atoms with van der Waals surface area (Å²) in [6.07, 6.45) is 1.02. The molecule has 1 saturated heterocycles. The lowest BCUT2D eigenvalue weighted by Crippen LogP contribution is -2.39. The van der Waals surface area contributed by atoms with E-state index in [1.807, 2.05) is 53.1 Å². The minimum Gasteiger partial charge on any atom is -0.480 e. The average molecular weight is 397 g/mol. The fourth-order valence-corrected chi connectivity index (χ4v) is 4.68. The van der Waals surface area contributed by atoms with E-state index in [0.717, 1.165) is 35.8 Å². The number of rotatable bonds is 3. The number of thioether (sulfide) groups is 1. The quantitative estimate of drug-likeness (QED) is 0.861. The van der Waals surface area contributed by atoms with Crippen LogP contribution in [0.25, 0.3) is 0 Å². The topological polar surface area (TPSA) is 58.6 Å². The third-order valence-corrected chi connectivity index (χ3v) is 6.26. The Balaban J connectivity index is 1.44. The maximum absolute atomic E-state index is 13.0. The fourth-order valence-electron chi connectivity index (χ4n) is 3.64. The highest BCUT2D eigenvalue weighted by Crippen LogP contribution is 2.29. The summed E-state index contributed by atoms with van der Waals surface area (Å²) < 4.78 is 5.75. The lowest BCUT2D eigenvalue weighted by atomic mass is 10.1. The smallest absolute Gasteiger partial charge is 0.265 e. The molecule has 2 atom stereocenters. The molecule has 2 aromatic rings. The van der Waals surface area contributed by atoms with Gasteiger partial charge in [-0.1, -0.05) is 24.3 Å². The zero-order valence-electron chi connectivity index (χ0n) is 15.9. The molecule has 0 bridgehead atoms. The largest absolute Gasteiger partial charge is 0.480 e. The first-order valence-electron chi connectivity index (χ1n) is 9.66. The highest BCUT2D eigenvalue weighted by Gasteiger charge is 2.29. The van der Waals surface area contributed by atoms with Gasteiger partial charge in [0.1, 0.15) is 5.75 Å². The summed E-state index contributed by atoms with van der Waals surface area (Å²) in [7, 11) is 0. The number of nitrogens with zero attached hydrogens (tertiary/aromatic N) is 1. The van der Waals surface area contributed by atoms with E-state index in [9.17, 15) is 9.59 Å². The Morgan fingerprint density at radius 3 is 2.86 bits per heavy atom. The van der Waals surface area contributed by atoms with E-state index in [1.54, 1.807) is 12.1 Å². The number of nitrogens with one attached hydrogen (secondary N) is 1. The molecule has 0 saturated carbocycles. The number of hydrogen-bond acceptors (Lipinski definition) is 4. The minimum atomic E-state index is -0.542. The summed E-state index contributed by atoms with van der Waals surface area (Å²) in [6.45, 7) is 2.86. The number of anilines is 1. The molecular formula is C22H24N2O3S. The summed E-state index contributed by atoms with van der Waals surface area (Å²) in [5.41, 5.74) is 2.26. The number of amides is 2. The number of hydrogen-bond donors (Lipinski definition) is 1. The summed E-state index contributed by atoms with van der Waals surface area (Å²) in [5.74, 6) is 2.65. The number of ether oxygens (including phenoxy) is 1. The normalized spacial score (nSPS) is 21.4. The van der Waals surface area contributed by atoms with E-state index in [-0.39, 0.29) is 17.9 Å². The molecule has 0 unspecified atom stereocenters. The maximum atomic E-state index is 13.0. The van der Waals surface area contributed by atoms with Gasteiger partial charge in [0.05, 0.1) is 0 Å². The van der Waals surface area contributed by atoms with Crippen LogP contribution in [-0.4, -0.2) is 46.9 Å². The van der Waals surface area contributed by atoms with Gasteiger partial charge in [0.15, 0.2) is 6.10 Å². The zero-order chi connectivity index (χ0) is 19.5. The Kier molecular flexibility index (Phi) is 5.57. The van der Waals surface area contributed by atoms with Crippen LogP contribution in [0.4, 0.5) is 5.69 Å². The van der Waals surface area contributed by atoms with Crippen LogP contribution >= 0.6 is 11.8 Å². The predicted molar refractivity (Wildman–Crippen MR) is 112 cm³/mol. The van der Waals surface area contributed by atoms with Crippen molar-refractivity contribution in [2.45, 2.75) is 31.9 Å². The number of benzene rings is 2. The summed E-state index contributed by atoms with van der Waals surface area (Å²) in [4.78, 5) is 27.6. The molecule has 0 radical (unpaired) electrons.